The van der Waals surface area contributed by atoms with Gasteiger partial charge in [-0.05, 0) is 55.6 Å². The highest BCUT2D eigenvalue weighted by Gasteiger charge is 2.66. The SMILES string of the molecule is C/N=C1\c2ccccc2C2(CC2)C12CCC(C)CC2. The summed E-state index contributed by atoms with van der Waals surface area (Å²) in [4.78, 5) is 4.78. The minimum Gasteiger partial charge on any atom is -0.292 e. The highest BCUT2D eigenvalue weighted by Crippen LogP contribution is 2.70. The number of aliphatic imine (C=N–C) groups is 1. The second-order valence-corrected chi connectivity index (χ2v) is 6.96. The van der Waals surface area contributed by atoms with Gasteiger partial charge < -0.3 is 0 Å². The maximum absolute atomic E-state index is 4.78. The summed E-state index contributed by atoms with van der Waals surface area (Å²) in [6, 6.07) is 9.09. The Morgan fingerprint density at radius 1 is 1.00 bits per heavy atom. The fraction of sp³-hybridized carbons (Fsp3) is 0.611. The summed E-state index contributed by atoms with van der Waals surface area (Å²) >= 11 is 0. The Balaban J connectivity index is 1.89. The molecule has 3 aliphatic carbocycles. The minimum absolute atomic E-state index is 0.387. The number of nitrogens with zero attached hydrogens (tertiary/aromatic N) is 1. The number of hydrogen-bond acceptors (Lipinski definition) is 1. The van der Waals surface area contributed by atoms with Gasteiger partial charge in [0, 0.05) is 23.6 Å². The maximum Gasteiger partial charge on any atom is 0.0490 e. The predicted molar refractivity (Wildman–Crippen MR) is 79.9 cm³/mol. The first-order valence-corrected chi connectivity index (χ1v) is 7.81. The quantitative estimate of drug-likeness (QED) is 0.652. The van der Waals surface area contributed by atoms with Crippen LogP contribution in [0, 0.1) is 11.3 Å². The lowest BCUT2D eigenvalue weighted by Gasteiger charge is -2.42. The number of rotatable bonds is 0. The molecule has 2 fully saturated rings. The van der Waals surface area contributed by atoms with Crippen LogP contribution >= 0.6 is 0 Å². The van der Waals surface area contributed by atoms with Crippen molar-refractivity contribution in [3.8, 4) is 0 Å². The molecule has 0 atom stereocenters. The predicted octanol–water partition coefficient (Wildman–Crippen LogP) is 4.35. The van der Waals surface area contributed by atoms with Crippen molar-refractivity contribution in [2.45, 2.75) is 50.9 Å². The van der Waals surface area contributed by atoms with E-state index in [1.54, 1.807) is 5.56 Å². The molecule has 0 amide bonds. The summed E-state index contributed by atoms with van der Waals surface area (Å²) in [7, 11) is 2.01. The lowest BCUT2D eigenvalue weighted by Crippen LogP contribution is -2.40. The van der Waals surface area contributed by atoms with Crippen LogP contribution in [-0.2, 0) is 5.41 Å². The van der Waals surface area contributed by atoms with Crippen LogP contribution in [0.3, 0.4) is 0 Å². The Kier molecular flexibility index (Phi) is 2.29. The number of benzene rings is 1. The van der Waals surface area contributed by atoms with Crippen molar-refractivity contribution in [1.29, 1.82) is 0 Å². The summed E-state index contributed by atoms with van der Waals surface area (Å²) in [6.07, 6.45) is 8.25. The fourth-order valence-corrected chi connectivity index (χ4v) is 5.03. The van der Waals surface area contributed by atoms with Crippen molar-refractivity contribution in [2.75, 3.05) is 7.05 Å². The first-order chi connectivity index (χ1) is 9.23. The molecule has 0 aromatic heterocycles. The first kappa shape index (κ1) is 11.7. The van der Waals surface area contributed by atoms with E-state index in [0.29, 0.717) is 10.8 Å². The third-order valence-electron chi connectivity index (χ3n) is 6.17. The van der Waals surface area contributed by atoms with Crippen molar-refractivity contribution < 1.29 is 0 Å². The van der Waals surface area contributed by atoms with Crippen LogP contribution in [0.1, 0.15) is 56.6 Å². The molecule has 0 N–H and O–H groups in total. The van der Waals surface area contributed by atoms with Crippen molar-refractivity contribution in [2.24, 2.45) is 16.3 Å². The molecule has 0 saturated heterocycles. The van der Waals surface area contributed by atoms with Gasteiger partial charge in [0.05, 0.1) is 0 Å². The second kappa shape index (κ2) is 3.71. The van der Waals surface area contributed by atoms with Gasteiger partial charge in [0.1, 0.15) is 0 Å². The van der Waals surface area contributed by atoms with Crippen LogP contribution in [0.5, 0.6) is 0 Å². The third-order valence-corrected chi connectivity index (χ3v) is 6.17. The molecule has 3 aliphatic rings. The summed E-state index contributed by atoms with van der Waals surface area (Å²) in [5.41, 5.74) is 5.38. The molecular weight excluding hydrogens is 230 g/mol. The van der Waals surface area contributed by atoms with Crippen molar-refractivity contribution >= 4 is 5.71 Å². The fourth-order valence-electron chi connectivity index (χ4n) is 5.03. The topological polar surface area (TPSA) is 12.4 Å². The Morgan fingerprint density at radius 3 is 2.32 bits per heavy atom. The highest BCUT2D eigenvalue weighted by atomic mass is 14.8. The summed E-state index contributed by atoms with van der Waals surface area (Å²) in [5, 5.41) is 0. The van der Waals surface area contributed by atoms with E-state index in [9.17, 15) is 0 Å². The van der Waals surface area contributed by atoms with Crippen LogP contribution < -0.4 is 0 Å². The van der Waals surface area contributed by atoms with Gasteiger partial charge in [-0.15, -0.1) is 0 Å². The molecule has 2 spiro atoms. The normalized spacial score (nSPS) is 36.9. The smallest absolute Gasteiger partial charge is 0.0490 e. The maximum atomic E-state index is 4.78. The summed E-state index contributed by atoms with van der Waals surface area (Å²) in [5.74, 6) is 0.906. The van der Waals surface area contributed by atoms with Crippen molar-refractivity contribution in [3.05, 3.63) is 35.4 Å². The molecule has 1 nitrogen and oxygen atoms in total. The lowest BCUT2D eigenvalue weighted by molar-refractivity contribution is 0.189. The van der Waals surface area contributed by atoms with E-state index in [1.165, 1.54) is 49.8 Å². The molecule has 0 heterocycles. The largest absolute Gasteiger partial charge is 0.292 e. The molecular formula is C18H23N. The Bertz CT molecular complexity index is 543. The molecule has 19 heavy (non-hydrogen) atoms. The molecule has 1 aromatic carbocycles. The van der Waals surface area contributed by atoms with E-state index >= 15 is 0 Å². The highest BCUT2D eigenvalue weighted by molar-refractivity contribution is 6.11. The molecule has 1 aromatic rings. The molecule has 2 saturated carbocycles. The zero-order valence-electron chi connectivity index (χ0n) is 12.1. The van der Waals surface area contributed by atoms with E-state index in [4.69, 9.17) is 4.99 Å². The van der Waals surface area contributed by atoms with Gasteiger partial charge in [-0.25, -0.2) is 0 Å². The van der Waals surface area contributed by atoms with Gasteiger partial charge in [0.15, 0.2) is 0 Å². The summed E-state index contributed by atoms with van der Waals surface area (Å²) in [6.45, 7) is 2.41. The van der Waals surface area contributed by atoms with Gasteiger partial charge >= 0.3 is 0 Å². The van der Waals surface area contributed by atoms with E-state index in [-0.39, 0.29) is 0 Å². The molecule has 0 unspecified atom stereocenters. The van der Waals surface area contributed by atoms with E-state index < -0.39 is 0 Å². The van der Waals surface area contributed by atoms with Gasteiger partial charge in [-0.3, -0.25) is 4.99 Å². The van der Waals surface area contributed by atoms with Gasteiger partial charge in [-0.1, -0.05) is 31.2 Å². The second-order valence-electron chi connectivity index (χ2n) is 6.96. The van der Waals surface area contributed by atoms with E-state index in [1.807, 2.05) is 7.05 Å². The van der Waals surface area contributed by atoms with Crippen molar-refractivity contribution in [3.63, 3.8) is 0 Å². The monoisotopic (exact) mass is 253 g/mol. The average Bonchev–Trinajstić information content (AvgIpc) is 3.20. The third kappa shape index (κ3) is 1.29. The summed E-state index contributed by atoms with van der Waals surface area (Å²) < 4.78 is 0. The number of fused-ring (bicyclic) bond motifs is 3. The first-order valence-electron chi connectivity index (χ1n) is 7.81. The Morgan fingerprint density at radius 2 is 1.68 bits per heavy atom. The molecule has 0 radical (unpaired) electrons. The van der Waals surface area contributed by atoms with Crippen LogP contribution in [0.2, 0.25) is 0 Å². The van der Waals surface area contributed by atoms with Crippen molar-refractivity contribution in [1.82, 2.24) is 0 Å². The van der Waals surface area contributed by atoms with Gasteiger partial charge in [0.2, 0.25) is 0 Å². The molecule has 4 rings (SSSR count). The molecule has 1 heteroatoms. The van der Waals surface area contributed by atoms with Crippen LogP contribution in [0.15, 0.2) is 29.3 Å². The van der Waals surface area contributed by atoms with E-state index in [0.717, 1.165) is 5.92 Å². The molecule has 0 aliphatic heterocycles. The van der Waals surface area contributed by atoms with Gasteiger partial charge in [0.25, 0.3) is 0 Å². The molecule has 100 valence electrons. The number of hydrogen-bond donors (Lipinski definition) is 0. The van der Waals surface area contributed by atoms with Gasteiger partial charge in [-0.2, -0.15) is 0 Å². The Labute approximate surface area is 116 Å². The lowest BCUT2D eigenvalue weighted by atomic mass is 9.61. The zero-order valence-corrected chi connectivity index (χ0v) is 12.1. The molecule has 0 bridgehead atoms. The van der Waals surface area contributed by atoms with Crippen LogP contribution in [-0.4, -0.2) is 12.8 Å². The van der Waals surface area contributed by atoms with E-state index in [2.05, 4.69) is 31.2 Å². The average molecular weight is 253 g/mol. The van der Waals surface area contributed by atoms with Crippen LogP contribution in [0.4, 0.5) is 0 Å². The van der Waals surface area contributed by atoms with Crippen LogP contribution in [0.25, 0.3) is 0 Å². The Hall–Kier alpha value is -1.11. The zero-order chi connectivity index (χ0) is 13.1. The minimum atomic E-state index is 0.387. The standard InChI is InChI=1S/C18H23N/c1-13-7-9-18(10-8-13)16(19-2)14-5-3-4-6-15(14)17(18)11-12-17/h3-6,13H,7-12H2,1-2H3/b19-16+.